The van der Waals surface area contributed by atoms with Crippen LogP contribution >= 0.6 is 11.6 Å². The Balaban J connectivity index is 2.70. The smallest absolute Gasteiger partial charge is 0.422 e. The van der Waals surface area contributed by atoms with Crippen molar-refractivity contribution in [1.82, 2.24) is 0 Å². The molecule has 1 rings (SSSR count). The van der Waals surface area contributed by atoms with E-state index in [1.54, 1.807) is 6.07 Å². The van der Waals surface area contributed by atoms with Crippen LogP contribution in [-0.2, 0) is 6.54 Å². The normalized spacial score (nSPS) is 11.5. The third-order valence-corrected chi connectivity index (χ3v) is 1.92. The molecule has 0 atom stereocenters. The molecule has 0 amide bonds. The number of nitrogens with two attached hydrogens (primary N) is 1. The molecule has 0 heterocycles. The number of rotatable bonds is 3. The molecule has 0 aliphatic rings. The summed E-state index contributed by atoms with van der Waals surface area (Å²) in [6.45, 7) is -1.08. The number of ether oxygens (including phenoxy) is 1. The molecule has 0 aliphatic heterocycles. The quantitative estimate of drug-likeness (QED) is 0.880. The van der Waals surface area contributed by atoms with Gasteiger partial charge >= 0.3 is 6.18 Å². The Morgan fingerprint density at radius 1 is 1.33 bits per heavy atom. The molecule has 0 bridgehead atoms. The molecule has 6 heteroatoms. The van der Waals surface area contributed by atoms with Crippen molar-refractivity contribution in [3.63, 3.8) is 0 Å². The molecule has 1 aromatic rings. The van der Waals surface area contributed by atoms with Gasteiger partial charge in [0, 0.05) is 6.54 Å². The summed E-state index contributed by atoms with van der Waals surface area (Å²) in [6.07, 6.45) is -4.37. The minimum Gasteiger partial charge on any atom is -0.483 e. The van der Waals surface area contributed by atoms with Gasteiger partial charge in [0.15, 0.2) is 6.61 Å². The van der Waals surface area contributed by atoms with Crippen LogP contribution in [0.3, 0.4) is 0 Å². The first-order chi connectivity index (χ1) is 6.92. The monoisotopic (exact) mass is 239 g/mol. The maximum atomic E-state index is 11.8. The molecule has 0 aromatic heterocycles. The number of alkyl halides is 3. The molecule has 0 spiro atoms. The SMILES string of the molecule is NCc1ccc(OCC(F)(F)F)c(Cl)c1. The average molecular weight is 240 g/mol. The molecule has 0 saturated heterocycles. The fourth-order valence-corrected chi connectivity index (χ4v) is 1.21. The predicted octanol–water partition coefficient (Wildman–Crippen LogP) is 2.74. The lowest BCUT2D eigenvalue weighted by molar-refractivity contribution is -0.153. The molecule has 0 radical (unpaired) electrons. The zero-order valence-corrected chi connectivity index (χ0v) is 8.40. The molecule has 2 N–H and O–H groups in total. The molecule has 2 nitrogen and oxygen atoms in total. The lowest BCUT2D eigenvalue weighted by Crippen LogP contribution is -2.19. The summed E-state index contributed by atoms with van der Waals surface area (Å²) in [6, 6.07) is 4.42. The number of hydrogen-bond acceptors (Lipinski definition) is 2. The van der Waals surface area contributed by atoms with E-state index in [0.29, 0.717) is 0 Å². The van der Waals surface area contributed by atoms with E-state index in [4.69, 9.17) is 17.3 Å². The second-order valence-corrected chi connectivity index (χ2v) is 3.28. The number of benzene rings is 1. The third-order valence-electron chi connectivity index (χ3n) is 1.62. The van der Waals surface area contributed by atoms with E-state index in [2.05, 4.69) is 4.74 Å². The van der Waals surface area contributed by atoms with E-state index < -0.39 is 12.8 Å². The summed E-state index contributed by atoms with van der Waals surface area (Å²) in [5.74, 6) is 0.00573. The zero-order chi connectivity index (χ0) is 11.5. The van der Waals surface area contributed by atoms with Crippen LogP contribution < -0.4 is 10.5 Å². The van der Waals surface area contributed by atoms with Crippen LogP contribution in [0.4, 0.5) is 13.2 Å². The van der Waals surface area contributed by atoms with Crippen molar-refractivity contribution < 1.29 is 17.9 Å². The van der Waals surface area contributed by atoms with Gasteiger partial charge in [0.25, 0.3) is 0 Å². The third kappa shape index (κ3) is 3.97. The van der Waals surface area contributed by atoms with Gasteiger partial charge in [-0.1, -0.05) is 17.7 Å². The second-order valence-electron chi connectivity index (χ2n) is 2.87. The average Bonchev–Trinajstić information content (AvgIpc) is 2.14. The van der Waals surface area contributed by atoms with Crippen molar-refractivity contribution in [1.29, 1.82) is 0 Å². The summed E-state index contributed by atoms with van der Waals surface area (Å²) < 4.78 is 40.0. The summed E-state index contributed by atoms with van der Waals surface area (Å²) in [5.41, 5.74) is 6.07. The van der Waals surface area contributed by atoms with Gasteiger partial charge in [-0.2, -0.15) is 13.2 Å². The van der Waals surface area contributed by atoms with Gasteiger partial charge in [-0.15, -0.1) is 0 Å². The lowest BCUT2D eigenvalue weighted by Gasteiger charge is -2.10. The summed E-state index contributed by atoms with van der Waals surface area (Å²) in [4.78, 5) is 0. The molecule has 0 aliphatic carbocycles. The van der Waals surface area contributed by atoms with Crippen molar-refractivity contribution in [2.45, 2.75) is 12.7 Å². The van der Waals surface area contributed by atoms with Gasteiger partial charge in [-0.3, -0.25) is 0 Å². The van der Waals surface area contributed by atoms with Crippen LogP contribution in [0.2, 0.25) is 5.02 Å². The van der Waals surface area contributed by atoms with Gasteiger partial charge in [0.05, 0.1) is 5.02 Å². The van der Waals surface area contributed by atoms with Crippen LogP contribution in [0.5, 0.6) is 5.75 Å². The van der Waals surface area contributed by atoms with Crippen molar-refractivity contribution >= 4 is 11.6 Å². The minimum atomic E-state index is -4.37. The highest BCUT2D eigenvalue weighted by atomic mass is 35.5. The van der Waals surface area contributed by atoms with Crippen LogP contribution in [0.1, 0.15) is 5.56 Å². The molecular formula is C9H9ClF3NO. The van der Waals surface area contributed by atoms with Gasteiger partial charge < -0.3 is 10.5 Å². The van der Waals surface area contributed by atoms with E-state index in [9.17, 15) is 13.2 Å². The summed E-state index contributed by atoms with van der Waals surface area (Å²) in [5, 5.41) is 0.127. The number of hydrogen-bond donors (Lipinski definition) is 1. The van der Waals surface area contributed by atoms with E-state index in [1.165, 1.54) is 12.1 Å². The largest absolute Gasteiger partial charge is 0.483 e. The molecule has 1 aromatic carbocycles. The topological polar surface area (TPSA) is 35.2 Å². The summed E-state index contributed by atoms with van der Waals surface area (Å²) >= 11 is 5.69. The molecular weight excluding hydrogens is 231 g/mol. The Bertz CT molecular complexity index is 341. The van der Waals surface area contributed by atoms with E-state index in [-0.39, 0.29) is 17.3 Å². The van der Waals surface area contributed by atoms with Crippen LogP contribution in [0, 0.1) is 0 Å². The second kappa shape index (κ2) is 4.72. The number of halogens is 4. The molecule has 0 saturated carbocycles. The first-order valence-electron chi connectivity index (χ1n) is 4.10. The standard InChI is InChI=1S/C9H9ClF3NO/c10-7-3-6(4-14)1-2-8(7)15-5-9(11,12)13/h1-3H,4-5,14H2. The van der Waals surface area contributed by atoms with Crippen LogP contribution in [0.25, 0.3) is 0 Å². The van der Waals surface area contributed by atoms with Gasteiger partial charge in [-0.05, 0) is 17.7 Å². The van der Waals surface area contributed by atoms with E-state index in [1.807, 2.05) is 0 Å². The van der Waals surface area contributed by atoms with Crippen molar-refractivity contribution in [3.8, 4) is 5.75 Å². The maximum absolute atomic E-state index is 11.8. The Labute approximate surface area is 89.8 Å². The lowest BCUT2D eigenvalue weighted by atomic mass is 10.2. The highest BCUT2D eigenvalue weighted by molar-refractivity contribution is 6.32. The summed E-state index contributed by atoms with van der Waals surface area (Å²) in [7, 11) is 0. The highest BCUT2D eigenvalue weighted by Crippen LogP contribution is 2.27. The molecule has 15 heavy (non-hydrogen) atoms. The minimum absolute atomic E-state index is 0.00573. The Morgan fingerprint density at radius 2 is 2.00 bits per heavy atom. The van der Waals surface area contributed by atoms with Crippen molar-refractivity contribution in [2.24, 2.45) is 5.73 Å². The van der Waals surface area contributed by atoms with Gasteiger partial charge in [0.1, 0.15) is 5.75 Å². The first kappa shape index (κ1) is 12.1. The van der Waals surface area contributed by atoms with Crippen LogP contribution in [-0.4, -0.2) is 12.8 Å². The fraction of sp³-hybridized carbons (Fsp3) is 0.333. The Hall–Kier alpha value is -0.940. The van der Waals surface area contributed by atoms with Crippen molar-refractivity contribution in [3.05, 3.63) is 28.8 Å². The molecule has 84 valence electrons. The highest BCUT2D eigenvalue weighted by Gasteiger charge is 2.28. The predicted molar refractivity (Wildman–Crippen MR) is 50.9 cm³/mol. The molecule has 0 unspecified atom stereocenters. The van der Waals surface area contributed by atoms with Gasteiger partial charge in [-0.25, -0.2) is 0 Å². The fourth-order valence-electron chi connectivity index (χ4n) is 0.948. The Kier molecular flexibility index (Phi) is 3.82. The zero-order valence-electron chi connectivity index (χ0n) is 7.64. The van der Waals surface area contributed by atoms with Crippen molar-refractivity contribution in [2.75, 3.05) is 6.61 Å². The maximum Gasteiger partial charge on any atom is 0.422 e. The molecule has 0 fully saturated rings. The van der Waals surface area contributed by atoms with Gasteiger partial charge in [0.2, 0.25) is 0 Å². The van der Waals surface area contributed by atoms with E-state index in [0.717, 1.165) is 5.56 Å². The Morgan fingerprint density at radius 3 is 2.47 bits per heavy atom. The van der Waals surface area contributed by atoms with Crippen LogP contribution in [0.15, 0.2) is 18.2 Å². The first-order valence-corrected chi connectivity index (χ1v) is 4.48. The van der Waals surface area contributed by atoms with E-state index >= 15 is 0 Å².